The first-order chi connectivity index (χ1) is 13.1. The van der Waals surface area contributed by atoms with Gasteiger partial charge in [0.15, 0.2) is 0 Å². The summed E-state index contributed by atoms with van der Waals surface area (Å²) in [6.07, 6.45) is 5.33. The molecule has 1 unspecified atom stereocenters. The van der Waals surface area contributed by atoms with Gasteiger partial charge in [-0.1, -0.05) is 30.3 Å². The van der Waals surface area contributed by atoms with Gasteiger partial charge in [-0.15, -0.1) is 6.58 Å². The largest absolute Gasteiger partial charge is 0.476 e. The molecule has 3 rings (SSSR count). The van der Waals surface area contributed by atoms with E-state index in [1.165, 1.54) is 11.1 Å². The third kappa shape index (κ3) is 4.55. The Kier molecular flexibility index (Phi) is 6.24. The second-order valence-electron chi connectivity index (χ2n) is 7.04. The first-order valence-corrected chi connectivity index (χ1v) is 9.33. The van der Waals surface area contributed by atoms with E-state index in [1.54, 1.807) is 24.4 Å². The molecule has 5 nitrogen and oxygen atoms in total. The molecule has 1 aliphatic carbocycles. The molecule has 0 fully saturated rings. The Hall–Kier alpha value is -2.66. The number of rotatable bonds is 8. The summed E-state index contributed by atoms with van der Waals surface area (Å²) in [7, 11) is 3.99. The molecule has 1 aromatic carbocycles. The topological polar surface area (TPSA) is 45.7 Å². The van der Waals surface area contributed by atoms with E-state index in [9.17, 15) is 4.79 Å². The maximum absolute atomic E-state index is 13.1. The van der Waals surface area contributed by atoms with Gasteiger partial charge < -0.3 is 14.5 Å². The molecule has 5 heteroatoms. The molecule has 1 atom stereocenters. The fourth-order valence-corrected chi connectivity index (χ4v) is 3.44. The third-order valence-corrected chi connectivity index (χ3v) is 4.84. The van der Waals surface area contributed by atoms with Crippen LogP contribution in [0.2, 0.25) is 0 Å². The average molecular weight is 365 g/mol. The third-order valence-electron chi connectivity index (χ3n) is 4.84. The zero-order chi connectivity index (χ0) is 19.2. The Morgan fingerprint density at radius 2 is 2.11 bits per heavy atom. The zero-order valence-corrected chi connectivity index (χ0v) is 16.1. The van der Waals surface area contributed by atoms with Gasteiger partial charge in [0.25, 0.3) is 5.91 Å². The molecule has 0 saturated heterocycles. The molecular weight excluding hydrogens is 338 g/mol. The van der Waals surface area contributed by atoms with Gasteiger partial charge in [-0.25, -0.2) is 4.98 Å². The van der Waals surface area contributed by atoms with Crippen LogP contribution in [-0.2, 0) is 6.42 Å². The van der Waals surface area contributed by atoms with Gasteiger partial charge in [0.1, 0.15) is 6.61 Å². The molecule has 0 N–H and O–H groups in total. The molecule has 1 aliphatic rings. The van der Waals surface area contributed by atoms with Crippen LogP contribution in [0.5, 0.6) is 5.88 Å². The maximum atomic E-state index is 13.1. The summed E-state index contributed by atoms with van der Waals surface area (Å²) in [5.74, 6) is 0.513. The van der Waals surface area contributed by atoms with E-state index < -0.39 is 0 Å². The summed E-state index contributed by atoms with van der Waals surface area (Å²) in [5.41, 5.74) is 3.14. The van der Waals surface area contributed by atoms with Gasteiger partial charge in [-0.2, -0.15) is 0 Å². The molecule has 0 aliphatic heterocycles. The van der Waals surface area contributed by atoms with Crippen molar-refractivity contribution in [3.05, 3.63) is 71.9 Å². The summed E-state index contributed by atoms with van der Waals surface area (Å²) >= 11 is 0. The summed E-state index contributed by atoms with van der Waals surface area (Å²) in [6.45, 7) is 5.73. The molecule has 1 aromatic heterocycles. The number of aryl methyl sites for hydroxylation is 1. The van der Waals surface area contributed by atoms with Crippen LogP contribution >= 0.6 is 0 Å². The Balaban J connectivity index is 1.73. The molecule has 142 valence electrons. The molecule has 27 heavy (non-hydrogen) atoms. The maximum Gasteiger partial charge on any atom is 0.256 e. The number of likely N-dealkylation sites (N-methyl/N-ethyl adjacent to an activating group) is 1. The predicted octanol–water partition coefficient (Wildman–Crippen LogP) is 3.34. The zero-order valence-electron chi connectivity index (χ0n) is 16.1. The van der Waals surface area contributed by atoms with Crippen molar-refractivity contribution in [1.82, 2.24) is 14.8 Å². The molecular formula is C22H27N3O2. The second kappa shape index (κ2) is 8.82. The van der Waals surface area contributed by atoms with Crippen LogP contribution in [0.15, 0.2) is 55.3 Å². The summed E-state index contributed by atoms with van der Waals surface area (Å²) in [5, 5.41) is 0. The standard InChI is InChI=1S/C22H27N3O2/c1-4-13-25(20-11-9-17-7-5-6-8-19(17)20)22(26)18-10-12-21(23-16-18)27-15-14-24(2)3/h4-8,10,12,16,20H,1,9,11,13-15H2,2-3H3. The number of benzene rings is 1. The van der Waals surface area contributed by atoms with E-state index in [2.05, 4.69) is 29.8 Å². The van der Waals surface area contributed by atoms with E-state index in [0.717, 1.165) is 19.4 Å². The van der Waals surface area contributed by atoms with Crippen molar-refractivity contribution in [2.24, 2.45) is 0 Å². The van der Waals surface area contributed by atoms with E-state index in [-0.39, 0.29) is 11.9 Å². The Labute approximate surface area is 161 Å². The summed E-state index contributed by atoms with van der Waals surface area (Å²) < 4.78 is 5.61. The number of fused-ring (bicyclic) bond motifs is 1. The van der Waals surface area contributed by atoms with E-state index >= 15 is 0 Å². The first kappa shape index (κ1) is 19.1. The molecule has 0 spiro atoms. The number of hydrogen-bond donors (Lipinski definition) is 0. The van der Waals surface area contributed by atoms with Crippen LogP contribution in [0, 0.1) is 0 Å². The van der Waals surface area contributed by atoms with Crippen LogP contribution in [0.25, 0.3) is 0 Å². The highest BCUT2D eigenvalue weighted by atomic mass is 16.5. The number of amides is 1. The normalized spacial score (nSPS) is 15.4. The van der Waals surface area contributed by atoms with Gasteiger partial charge >= 0.3 is 0 Å². The Morgan fingerprint density at radius 1 is 1.30 bits per heavy atom. The van der Waals surface area contributed by atoms with Crippen LogP contribution < -0.4 is 4.74 Å². The fourth-order valence-electron chi connectivity index (χ4n) is 3.44. The van der Waals surface area contributed by atoms with Crippen molar-refractivity contribution in [3.63, 3.8) is 0 Å². The minimum absolute atomic E-state index is 0.0241. The molecule has 0 radical (unpaired) electrons. The lowest BCUT2D eigenvalue weighted by atomic mass is 10.1. The van der Waals surface area contributed by atoms with Gasteiger partial charge in [-0.3, -0.25) is 4.79 Å². The van der Waals surface area contributed by atoms with Crippen molar-refractivity contribution >= 4 is 5.91 Å². The van der Waals surface area contributed by atoms with Crippen molar-refractivity contribution < 1.29 is 9.53 Å². The molecule has 0 saturated carbocycles. The van der Waals surface area contributed by atoms with Crippen LogP contribution in [0.4, 0.5) is 0 Å². The lowest BCUT2D eigenvalue weighted by Gasteiger charge is -2.29. The van der Waals surface area contributed by atoms with E-state index in [0.29, 0.717) is 24.6 Å². The first-order valence-electron chi connectivity index (χ1n) is 9.33. The number of pyridine rings is 1. The number of hydrogen-bond acceptors (Lipinski definition) is 4. The predicted molar refractivity (Wildman–Crippen MR) is 107 cm³/mol. The average Bonchev–Trinajstić information content (AvgIpc) is 3.10. The lowest BCUT2D eigenvalue weighted by Crippen LogP contribution is -2.34. The van der Waals surface area contributed by atoms with Gasteiger partial charge in [0.05, 0.1) is 11.6 Å². The number of aromatic nitrogens is 1. The quantitative estimate of drug-likeness (QED) is 0.673. The van der Waals surface area contributed by atoms with Crippen LogP contribution in [0.3, 0.4) is 0 Å². The fraction of sp³-hybridized carbons (Fsp3) is 0.364. The van der Waals surface area contributed by atoms with Crippen molar-refractivity contribution in [2.45, 2.75) is 18.9 Å². The Morgan fingerprint density at radius 3 is 2.81 bits per heavy atom. The van der Waals surface area contributed by atoms with Gasteiger partial charge in [-0.05, 0) is 44.1 Å². The number of carbonyl (C=O) groups is 1. The minimum atomic E-state index is -0.0241. The van der Waals surface area contributed by atoms with E-state index in [1.807, 2.05) is 30.0 Å². The monoisotopic (exact) mass is 365 g/mol. The SMILES string of the molecule is C=CCN(C(=O)c1ccc(OCCN(C)C)nc1)C1CCc2ccccc21. The van der Waals surface area contributed by atoms with Crippen molar-refractivity contribution in [2.75, 3.05) is 33.8 Å². The highest BCUT2D eigenvalue weighted by Crippen LogP contribution is 2.36. The Bertz CT molecular complexity index is 786. The van der Waals surface area contributed by atoms with Crippen LogP contribution in [-0.4, -0.2) is 54.5 Å². The van der Waals surface area contributed by atoms with Crippen LogP contribution in [0.1, 0.15) is 33.9 Å². The second-order valence-corrected chi connectivity index (χ2v) is 7.04. The number of carbonyl (C=O) groups excluding carboxylic acids is 1. The van der Waals surface area contributed by atoms with Gasteiger partial charge in [0, 0.05) is 25.4 Å². The molecule has 0 bridgehead atoms. The van der Waals surface area contributed by atoms with Crippen molar-refractivity contribution in [1.29, 1.82) is 0 Å². The lowest BCUT2D eigenvalue weighted by molar-refractivity contribution is 0.0701. The minimum Gasteiger partial charge on any atom is -0.476 e. The highest BCUT2D eigenvalue weighted by molar-refractivity contribution is 5.94. The summed E-state index contributed by atoms with van der Waals surface area (Å²) in [4.78, 5) is 21.4. The highest BCUT2D eigenvalue weighted by Gasteiger charge is 2.30. The van der Waals surface area contributed by atoms with E-state index in [4.69, 9.17) is 4.74 Å². The molecule has 2 aromatic rings. The smallest absolute Gasteiger partial charge is 0.256 e. The van der Waals surface area contributed by atoms with Gasteiger partial charge in [0.2, 0.25) is 5.88 Å². The summed E-state index contributed by atoms with van der Waals surface area (Å²) in [6, 6.07) is 12.0. The van der Waals surface area contributed by atoms with Crippen molar-refractivity contribution in [3.8, 4) is 5.88 Å². The number of ether oxygens (including phenoxy) is 1. The number of nitrogens with zero attached hydrogens (tertiary/aromatic N) is 3. The molecule has 1 amide bonds. The molecule has 1 heterocycles.